The van der Waals surface area contributed by atoms with Crippen LogP contribution in [0.5, 0.6) is 0 Å². The Morgan fingerprint density at radius 3 is 2.73 bits per heavy atom. The summed E-state index contributed by atoms with van der Waals surface area (Å²) in [6.45, 7) is 4.49. The van der Waals surface area contributed by atoms with Crippen molar-refractivity contribution in [2.24, 2.45) is 18.9 Å². The number of benzene rings is 1. The van der Waals surface area contributed by atoms with Gasteiger partial charge in [0.05, 0.1) is 11.0 Å². The zero-order valence-corrected chi connectivity index (χ0v) is 13.1. The number of piperidine rings is 1. The summed E-state index contributed by atoms with van der Waals surface area (Å²) in [5.74, 6) is 2.48. The van der Waals surface area contributed by atoms with Gasteiger partial charge < -0.3 is 14.8 Å². The second kappa shape index (κ2) is 5.54. The molecule has 0 bridgehead atoms. The Labute approximate surface area is 130 Å². The monoisotopic (exact) mass is 302 g/mol. The van der Waals surface area contributed by atoms with Crippen molar-refractivity contribution in [3.05, 3.63) is 24.0 Å². The second-order valence-corrected chi connectivity index (χ2v) is 6.68. The number of halogens is 1. The van der Waals surface area contributed by atoms with Crippen LogP contribution in [0, 0.1) is 17.7 Å². The number of nitrogens with one attached hydrogen (secondary N) is 1. The number of rotatable bonds is 2. The molecule has 4 nitrogen and oxygen atoms in total. The smallest absolute Gasteiger partial charge is 0.206 e. The van der Waals surface area contributed by atoms with Gasteiger partial charge >= 0.3 is 0 Å². The molecule has 22 heavy (non-hydrogen) atoms. The van der Waals surface area contributed by atoms with Crippen LogP contribution < -0.4 is 10.2 Å². The van der Waals surface area contributed by atoms with Crippen LogP contribution in [0.2, 0.25) is 0 Å². The van der Waals surface area contributed by atoms with Crippen molar-refractivity contribution in [3.8, 4) is 0 Å². The Hall–Kier alpha value is -1.62. The fourth-order valence-electron chi connectivity index (χ4n) is 4.08. The van der Waals surface area contributed by atoms with E-state index in [0.29, 0.717) is 0 Å². The van der Waals surface area contributed by atoms with Gasteiger partial charge in [0, 0.05) is 20.1 Å². The number of hydrogen-bond acceptors (Lipinski definition) is 3. The number of imidazole rings is 1. The topological polar surface area (TPSA) is 33.1 Å². The molecule has 0 radical (unpaired) electrons. The van der Waals surface area contributed by atoms with Crippen LogP contribution in [0.4, 0.5) is 10.3 Å². The van der Waals surface area contributed by atoms with Crippen LogP contribution in [0.3, 0.4) is 0 Å². The third-order valence-electron chi connectivity index (χ3n) is 5.41. The van der Waals surface area contributed by atoms with Crippen molar-refractivity contribution < 1.29 is 4.39 Å². The van der Waals surface area contributed by atoms with Crippen LogP contribution in [0.1, 0.15) is 19.3 Å². The zero-order valence-electron chi connectivity index (χ0n) is 13.1. The Balaban J connectivity index is 1.52. The molecule has 2 fully saturated rings. The summed E-state index contributed by atoms with van der Waals surface area (Å²) in [5, 5.41) is 3.48. The summed E-state index contributed by atoms with van der Waals surface area (Å²) < 4.78 is 15.5. The maximum absolute atomic E-state index is 13.4. The summed E-state index contributed by atoms with van der Waals surface area (Å²) in [4.78, 5) is 7.07. The van der Waals surface area contributed by atoms with Gasteiger partial charge in [-0.1, -0.05) is 0 Å². The molecule has 0 saturated carbocycles. The molecule has 4 rings (SSSR count). The molecule has 2 aromatic rings. The quantitative estimate of drug-likeness (QED) is 0.925. The number of hydrogen-bond donors (Lipinski definition) is 1. The van der Waals surface area contributed by atoms with E-state index in [2.05, 4.69) is 10.2 Å². The molecule has 1 aromatic carbocycles. The van der Waals surface area contributed by atoms with Crippen LogP contribution >= 0.6 is 0 Å². The third-order valence-corrected chi connectivity index (χ3v) is 5.41. The highest BCUT2D eigenvalue weighted by Gasteiger charge is 2.29. The van der Waals surface area contributed by atoms with Gasteiger partial charge in [0.25, 0.3) is 0 Å². The summed E-state index contributed by atoms with van der Waals surface area (Å²) >= 11 is 0. The maximum Gasteiger partial charge on any atom is 0.206 e. The van der Waals surface area contributed by atoms with Gasteiger partial charge in [0.2, 0.25) is 5.95 Å². The third kappa shape index (κ3) is 2.37. The molecule has 0 aliphatic carbocycles. The lowest BCUT2D eigenvalue weighted by molar-refractivity contribution is 0.290. The van der Waals surface area contributed by atoms with E-state index in [-0.39, 0.29) is 5.82 Å². The van der Waals surface area contributed by atoms with E-state index in [1.807, 2.05) is 11.6 Å². The first-order valence-corrected chi connectivity index (χ1v) is 8.30. The van der Waals surface area contributed by atoms with E-state index in [9.17, 15) is 4.39 Å². The molecular formula is C17H23FN4. The van der Waals surface area contributed by atoms with Crippen molar-refractivity contribution >= 4 is 17.0 Å². The van der Waals surface area contributed by atoms with Crippen molar-refractivity contribution in [3.63, 3.8) is 0 Å². The van der Waals surface area contributed by atoms with E-state index in [4.69, 9.17) is 4.98 Å². The molecule has 2 saturated heterocycles. The molecule has 1 unspecified atom stereocenters. The average Bonchev–Trinajstić information content (AvgIpc) is 3.17. The molecule has 0 spiro atoms. The molecule has 118 valence electrons. The number of aryl methyl sites for hydroxylation is 1. The van der Waals surface area contributed by atoms with Crippen LogP contribution in [-0.2, 0) is 7.05 Å². The minimum Gasteiger partial charge on any atom is -0.342 e. The molecule has 2 aliphatic heterocycles. The number of anilines is 1. The molecule has 1 N–H and O–H groups in total. The largest absolute Gasteiger partial charge is 0.342 e. The molecule has 5 heteroatoms. The van der Waals surface area contributed by atoms with Crippen molar-refractivity contribution in [1.82, 2.24) is 14.9 Å². The highest BCUT2D eigenvalue weighted by atomic mass is 19.1. The lowest BCUT2D eigenvalue weighted by Gasteiger charge is -2.35. The van der Waals surface area contributed by atoms with Crippen molar-refractivity contribution in [1.29, 1.82) is 0 Å². The number of fused-ring (bicyclic) bond motifs is 1. The standard InChI is InChI=1S/C17H23FN4/c1-21-16-10-14(18)2-3-15(16)20-17(21)22-8-5-12(6-9-22)13-4-7-19-11-13/h2-3,10,12-13,19H,4-9,11H2,1H3. The maximum atomic E-state index is 13.4. The van der Waals surface area contributed by atoms with E-state index in [1.165, 1.54) is 38.4 Å². The fourth-order valence-corrected chi connectivity index (χ4v) is 4.08. The van der Waals surface area contributed by atoms with E-state index >= 15 is 0 Å². The first kappa shape index (κ1) is 14.0. The van der Waals surface area contributed by atoms with Crippen LogP contribution in [0.15, 0.2) is 18.2 Å². The minimum atomic E-state index is -0.200. The highest BCUT2D eigenvalue weighted by molar-refractivity contribution is 5.78. The van der Waals surface area contributed by atoms with Gasteiger partial charge in [-0.3, -0.25) is 0 Å². The van der Waals surface area contributed by atoms with Crippen LogP contribution in [0.25, 0.3) is 11.0 Å². The molecule has 1 atom stereocenters. The predicted octanol–water partition coefficient (Wildman–Crippen LogP) is 2.54. The van der Waals surface area contributed by atoms with Crippen molar-refractivity contribution in [2.45, 2.75) is 19.3 Å². The Bertz CT molecular complexity index is 667. The Morgan fingerprint density at radius 2 is 2.00 bits per heavy atom. The first-order chi connectivity index (χ1) is 10.7. The van der Waals surface area contributed by atoms with Gasteiger partial charge in [0.15, 0.2) is 0 Å². The molecule has 1 aromatic heterocycles. The highest BCUT2D eigenvalue weighted by Crippen LogP contribution is 2.31. The molecular weight excluding hydrogens is 279 g/mol. The summed E-state index contributed by atoms with van der Waals surface area (Å²) in [6.07, 6.45) is 3.81. The number of nitrogens with zero attached hydrogens (tertiary/aromatic N) is 3. The molecule has 0 amide bonds. The van der Waals surface area contributed by atoms with E-state index in [0.717, 1.165) is 41.9 Å². The minimum absolute atomic E-state index is 0.200. The second-order valence-electron chi connectivity index (χ2n) is 6.68. The Morgan fingerprint density at radius 1 is 1.18 bits per heavy atom. The normalized spacial score (nSPS) is 23.5. The first-order valence-electron chi connectivity index (χ1n) is 8.30. The van der Waals surface area contributed by atoms with E-state index in [1.54, 1.807) is 12.1 Å². The van der Waals surface area contributed by atoms with Gasteiger partial charge in [-0.15, -0.1) is 0 Å². The fraction of sp³-hybridized carbons (Fsp3) is 0.588. The summed E-state index contributed by atoms with van der Waals surface area (Å²) in [6, 6.07) is 4.83. The Kier molecular flexibility index (Phi) is 3.53. The molecule has 2 aliphatic rings. The van der Waals surface area contributed by atoms with Crippen LogP contribution in [-0.4, -0.2) is 35.7 Å². The zero-order chi connectivity index (χ0) is 15.1. The summed E-state index contributed by atoms with van der Waals surface area (Å²) in [7, 11) is 1.98. The van der Waals surface area contributed by atoms with Gasteiger partial charge in [-0.2, -0.15) is 0 Å². The number of aromatic nitrogens is 2. The van der Waals surface area contributed by atoms with Gasteiger partial charge in [-0.25, -0.2) is 9.37 Å². The molecule has 3 heterocycles. The lowest BCUT2D eigenvalue weighted by Crippen LogP contribution is -2.37. The SMILES string of the molecule is Cn1c(N2CCC(C3CCNC3)CC2)nc2ccc(F)cc21. The average molecular weight is 302 g/mol. The predicted molar refractivity (Wildman–Crippen MR) is 86.6 cm³/mol. The van der Waals surface area contributed by atoms with Gasteiger partial charge in [-0.05, 0) is 62.4 Å². The summed E-state index contributed by atoms with van der Waals surface area (Å²) in [5.41, 5.74) is 1.75. The van der Waals surface area contributed by atoms with Crippen molar-refractivity contribution in [2.75, 3.05) is 31.1 Å². The lowest BCUT2D eigenvalue weighted by atomic mass is 9.84. The van der Waals surface area contributed by atoms with E-state index < -0.39 is 0 Å². The van der Waals surface area contributed by atoms with Gasteiger partial charge in [0.1, 0.15) is 5.82 Å².